The molecule has 2 heterocycles. The van der Waals surface area contributed by atoms with Crippen molar-refractivity contribution >= 4 is 29.5 Å². The highest BCUT2D eigenvalue weighted by atomic mass is 16.5. The fourth-order valence-electron chi connectivity index (χ4n) is 3.79. The van der Waals surface area contributed by atoms with Gasteiger partial charge >= 0.3 is 12.0 Å². The number of para-hydroxylation sites is 1. The molecule has 4 amide bonds. The summed E-state index contributed by atoms with van der Waals surface area (Å²) in [4.78, 5) is 51.5. The predicted molar refractivity (Wildman–Crippen MR) is 94.8 cm³/mol. The largest absolute Gasteiger partial charge is 0.454 e. The van der Waals surface area contributed by atoms with Crippen LogP contribution in [0.2, 0.25) is 0 Å². The molecule has 2 fully saturated rings. The second-order valence-corrected chi connectivity index (χ2v) is 7.38. The summed E-state index contributed by atoms with van der Waals surface area (Å²) in [5.41, 5.74) is 0.968. The molecule has 0 spiro atoms. The van der Waals surface area contributed by atoms with Crippen LogP contribution >= 0.6 is 0 Å². The van der Waals surface area contributed by atoms with Crippen molar-refractivity contribution in [2.24, 2.45) is 5.92 Å². The monoisotopic (exact) mass is 371 g/mol. The van der Waals surface area contributed by atoms with E-state index in [0.29, 0.717) is 6.54 Å². The van der Waals surface area contributed by atoms with Gasteiger partial charge in [-0.15, -0.1) is 0 Å². The number of carbonyl (C=O) groups excluding carboxylic acids is 4. The summed E-state index contributed by atoms with van der Waals surface area (Å²) in [5.74, 6) is -1.40. The van der Waals surface area contributed by atoms with Gasteiger partial charge in [-0.3, -0.25) is 19.3 Å². The number of nitrogens with one attached hydrogen (secondary N) is 1. The van der Waals surface area contributed by atoms with E-state index in [1.165, 1.54) is 0 Å². The number of ether oxygens (including phenoxy) is 1. The van der Waals surface area contributed by atoms with E-state index in [2.05, 4.69) is 5.32 Å². The molecular weight excluding hydrogens is 350 g/mol. The molecule has 27 heavy (non-hydrogen) atoms. The summed E-state index contributed by atoms with van der Waals surface area (Å²) in [6.07, 6.45) is 2.53. The molecule has 1 saturated heterocycles. The van der Waals surface area contributed by atoms with Crippen molar-refractivity contribution in [1.82, 2.24) is 10.2 Å². The lowest BCUT2D eigenvalue weighted by Gasteiger charge is -2.20. The summed E-state index contributed by atoms with van der Waals surface area (Å²) in [7, 11) is 0. The van der Waals surface area contributed by atoms with Crippen molar-refractivity contribution in [3.8, 4) is 0 Å². The molecule has 2 aliphatic heterocycles. The lowest BCUT2D eigenvalue weighted by Crippen LogP contribution is -2.46. The molecule has 1 aromatic rings. The quantitative estimate of drug-likeness (QED) is 0.611. The van der Waals surface area contributed by atoms with Gasteiger partial charge in [0.25, 0.3) is 11.8 Å². The van der Waals surface area contributed by atoms with Crippen molar-refractivity contribution in [3.05, 3.63) is 29.8 Å². The molecule has 1 atom stereocenters. The van der Waals surface area contributed by atoms with Gasteiger partial charge < -0.3 is 15.0 Å². The van der Waals surface area contributed by atoms with Crippen molar-refractivity contribution < 1.29 is 23.9 Å². The van der Waals surface area contributed by atoms with Crippen LogP contribution in [0.3, 0.4) is 0 Å². The van der Waals surface area contributed by atoms with Crippen molar-refractivity contribution in [2.75, 3.05) is 24.6 Å². The normalized spacial score (nSPS) is 24.0. The summed E-state index contributed by atoms with van der Waals surface area (Å²) >= 11 is 0. The Balaban J connectivity index is 1.32. The number of urea groups is 1. The summed E-state index contributed by atoms with van der Waals surface area (Å²) in [6, 6.07) is 6.99. The molecule has 8 heteroatoms. The Kier molecular flexibility index (Phi) is 4.13. The standard InChI is InChI=1S/C19H21N3O5/c1-19(13-6-7-13)17(25)22(18(26)20-19)10-16(24)27-11-15(23)21-9-8-12-4-2-3-5-14(12)21/h2-5,13H,6-11H2,1H3,(H,20,26)/t19-/m1/s1. The Labute approximate surface area is 156 Å². The maximum Gasteiger partial charge on any atom is 0.326 e. The molecule has 0 radical (unpaired) electrons. The number of amides is 4. The van der Waals surface area contributed by atoms with Gasteiger partial charge in [-0.2, -0.15) is 0 Å². The van der Waals surface area contributed by atoms with Crippen LogP contribution in [-0.2, 0) is 25.5 Å². The van der Waals surface area contributed by atoms with Crippen LogP contribution in [0.15, 0.2) is 24.3 Å². The Morgan fingerprint density at radius 2 is 2.00 bits per heavy atom. The summed E-state index contributed by atoms with van der Waals surface area (Å²) in [5, 5.41) is 2.67. The molecule has 1 aromatic carbocycles. The third kappa shape index (κ3) is 3.05. The molecule has 1 saturated carbocycles. The van der Waals surface area contributed by atoms with E-state index >= 15 is 0 Å². The first-order valence-corrected chi connectivity index (χ1v) is 9.08. The second-order valence-electron chi connectivity index (χ2n) is 7.38. The van der Waals surface area contributed by atoms with Crippen LogP contribution in [0.5, 0.6) is 0 Å². The number of rotatable bonds is 5. The third-order valence-corrected chi connectivity index (χ3v) is 5.53. The number of hydrogen-bond donors (Lipinski definition) is 1. The minimum atomic E-state index is -0.938. The topological polar surface area (TPSA) is 96.0 Å². The lowest BCUT2D eigenvalue weighted by molar-refractivity contribution is -0.150. The third-order valence-electron chi connectivity index (χ3n) is 5.53. The number of nitrogens with zero attached hydrogens (tertiary/aromatic N) is 2. The smallest absolute Gasteiger partial charge is 0.326 e. The number of benzene rings is 1. The van der Waals surface area contributed by atoms with E-state index in [1.54, 1.807) is 11.8 Å². The van der Waals surface area contributed by atoms with E-state index in [1.807, 2.05) is 24.3 Å². The van der Waals surface area contributed by atoms with Gasteiger partial charge in [0.15, 0.2) is 6.61 Å². The van der Waals surface area contributed by atoms with Crippen LogP contribution in [-0.4, -0.2) is 54.0 Å². The van der Waals surface area contributed by atoms with Crippen molar-refractivity contribution in [2.45, 2.75) is 31.7 Å². The molecule has 3 aliphatic rings. The van der Waals surface area contributed by atoms with Crippen LogP contribution in [0.25, 0.3) is 0 Å². The first-order valence-electron chi connectivity index (χ1n) is 9.08. The highest BCUT2D eigenvalue weighted by molar-refractivity contribution is 6.09. The number of fused-ring (bicyclic) bond motifs is 1. The molecule has 142 valence electrons. The molecule has 1 aliphatic carbocycles. The fourth-order valence-corrected chi connectivity index (χ4v) is 3.79. The van der Waals surface area contributed by atoms with Crippen LogP contribution < -0.4 is 10.2 Å². The number of imide groups is 1. The van der Waals surface area contributed by atoms with Crippen molar-refractivity contribution in [1.29, 1.82) is 0 Å². The molecule has 4 rings (SSSR count). The van der Waals surface area contributed by atoms with E-state index < -0.39 is 36.6 Å². The zero-order valence-electron chi connectivity index (χ0n) is 15.1. The van der Waals surface area contributed by atoms with Gasteiger partial charge in [0.05, 0.1) is 0 Å². The van der Waals surface area contributed by atoms with Crippen LogP contribution in [0.1, 0.15) is 25.3 Å². The van der Waals surface area contributed by atoms with Gasteiger partial charge in [0.2, 0.25) is 0 Å². The summed E-state index contributed by atoms with van der Waals surface area (Å²) in [6.45, 7) is 1.32. The van der Waals surface area contributed by atoms with Gasteiger partial charge in [0.1, 0.15) is 12.1 Å². The maximum atomic E-state index is 12.5. The molecule has 1 N–H and O–H groups in total. The highest BCUT2D eigenvalue weighted by Gasteiger charge is 2.56. The Hall–Kier alpha value is -2.90. The maximum absolute atomic E-state index is 12.5. The zero-order chi connectivity index (χ0) is 19.2. The molecule has 0 unspecified atom stereocenters. The second kappa shape index (κ2) is 6.37. The van der Waals surface area contributed by atoms with Gasteiger partial charge in [-0.1, -0.05) is 18.2 Å². The molecular formula is C19H21N3O5. The zero-order valence-corrected chi connectivity index (χ0v) is 15.1. The van der Waals surface area contributed by atoms with Crippen LogP contribution in [0, 0.1) is 5.92 Å². The lowest BCUT2D eigenvalue weighted by atomic mass is 9.96. The highest BCUT2D eigenvalue weighted by Crippen LogP contribution is 2.42. The number of hydrogen-bond acceptors (Lipinski definition) is 5. The Morgan fingerprint density at radius 1 is 1.26 bits per heavy atom. The van der Waals surface area contributed by atoms with Gasteiger partial charge in [-0.25, -0.2) is 4.79 Å². The SMILES string of the molecule is C[C@]1(C2CC2)NC(=O)N(CC(=O)OCC(=O)N2CCc3ccccc32)C1=O. The van der Waals surface area contributed by atoms with Gasteiger partial charge in [0, 0.05) is 12.2 Å². The minimum absolute atomic E-state index is 0.117. The molecule has 8 nitrogen and oxygen atoms in total. The van der Waals surface area contributed by atoms with E-state index in [4.69, 9.17) is 4.74 Å². The van der Waals surface area contributed by atoms with Gasteiger partial charge in [-0.05, 0) is 43.7 Å². The minimum Gasteiger partial charge on any atom is -0.454 e. The predicted octanol–water partition coefficient (Wildman–Crippen LogP) is 0.839. The first kappa shape index (κ1) is 17.5. The number of esters is 1. The Bertz CT molecular complexity index is 834. The summed E-state index contributed by atoms with van der Waals surface area (Å²) < 4.78 is 5.03. The van der Waals surface area contributed by atoms with Crippen molar-refractivity contribution in [3.63, 3.8) is 0 Å². The Morgan fingerprint density at radius 3 is 2.74 bits per heavy atom. The van der Waals surface area contributed by atoms with E-state index in [0.717, 1.165) is 35.4 Å². The first-order chi connectivity index (χ1) is 12.9. The number of anilines is 1. The molecule has 0 bridgehead atoms. The average Bonchev–Trinajstić information content (AvgIpc) is 3.39. The van der Waals surface area contributed by atoms with E-state index in [9.17, 15) is 19.2 Å². The number of carbonyl (C=O) groups is 4. The van der Waals surface area contributed by atoms with E-state index in [-0.39, 0.29) is 11.8 Å². The van der Waals surface area contributed by atoms with Crippen LogP contribution in [0.4, 0.5) is 10.5 Å². The average molecular weight is 371 g/mol. The fraction of sp³-hybridized carbons (Fsp3) is 0.474. The molecule has 0 aromatic heterocycles.